The van der Waals surface area contributed by atoms with Crippen molar-refractivity contribution in [3.63, 3.8) is 0 Å². The lowest BCUT2D eigenvalue weighted by Crippen LogP contribution is -2.32. The summed E-state index contributed by atoms with van der Waals surface area (Å²) in [5.41, 5.74) is -0.678. The fourth-order valence-corrected chi connectivity index (χ4v) is 2.22. The van der Waals surface area contributed by atoms with Gasteiger partial charge in [-0.2, -0.15) is 0 Å². The van der Waals surface area contributed by atoms with E-state index in [0.29, 0.717) is 13.2 Å². The van der Waals surface area contributed by atoms with E-state index in [0.717, 1.165) is 0 Å². The third-order valence-corrected chi connectivity index (χ3v) is 4.10. The fourth-order valence-electron chi connectivity index (χ4n) is 1.03. The maximum absolute atomic E-state index is 11.9. The molecule has 0 aromatic carbocycles. The zero-order chi connectivity index (χ0) is 12.8. The van der Waals surface area contributed by atoms with E-state index in [9.17, 15) is 9.36 Å². The Bertz CT molecular complexity index is 266. The smallest absolute Gasteiger partial charge is 0.337 e. The molecule has 0 aliphatic carbocycles. The summed E-state index contributed by atoms with van der Waals surface area (Å²) in [6.07, 6.45) is -0.222. The summed E-state index contributed by atoms with van der Waals surface area (Å²) in [4.78, 5) is 11.9. The maximum atomic E-state index is 11.9. The largest absolute Gasteiger partial charge is 0.381 e. The number of hydrogen-bond acceptors (Lipinski definition) is 5. The first kappa shape index (κ1) is 15.8. The van der Waals surface area contributed by atoms with Gasteiger partial charge in [-0.15, -0.1) is 0 Å². The minimum absolute atomic E-state index is 0.187. The lowest BCUT2D eigenvalue weighted by atomic mass is 9.90. The molecule has 0 saturated carbocycles. The number of hydrogen-bond donors (Lipinski definition) is 0. The predicted octanol–water partition coefficient (Wildman–Crippen LogP) is 2.10. The molecule has 0 aliphatic heterocycles. The monoisotopic (exact) mass is 252 g/mol. The summed E-state index contributed by atoms with van der Waals surface area (Å²) in [5.74, 6) is -0.187. The first-order valence-electron chi connectivity index (χ1n) is 5.13. The van der Waals surface area contributed by atoms with Crippen molar-refractivity contribution in [1.82, 2.24) is 0 Å². The van der Waals surface area contributed by atoms with Crippen LogP contribution in [0, 0.1) is 5.41 Å². The Kier molecular flexibility index (Phi) is 6.41. The van der Waals surface area contributed by atoms with Crippen molar-refractivity contribution in [2.45, 2.75) is 20.8 Å². The molecule has 0 fully saturated rings. The van der Waals surface area contributed by atoms with Crippen molar-refractivity contribution in [2.75, 3.05) is 33.6 Å². The zero-order valence-corrected chi connectivity index (χ0v) is 11.5. The average Bonchev–Trinajstić information content (AvgIpc) is 2.26. The van der Waals surface area contributed by atoms with Crippen molar-refractivity contribution in [1.29, 1.82) is 0 Å². The lowest BCUT2D eigenvalue weighted by Gasteiger charge is -2.24. The molecular formula is C10H21O5P. The van der Waals surface area contributed by atoms with Crippen LogP contribution in [0.25, 0.3) is 0 Å². The van der Waals surface area contributed by atoms with Crippen LogP contribution in [0.1, 0.15) is 20.8 Å². The van der Waals surface area contributed by atoms with Crippen LogP contribution in [0.3, 0.4) is 0 Å². The normalized spacial score (nSPS) is 12.8. The highest BCUT2D eigenvalue weighted by Gasteiger charge is 2.35. The lowest BCUT2D eigenvalue weighted by molar-refractivity contribution is -0.127. The second-order valence-electron chi connectivity index (χ2n) is 4.08. The molecule has 0 aliphatic rings. The molecular weight excluding hydrogens is 231 g/mol. The van der Waals surface area contributed by atoms with Crippen LogP contribution in [-0.2, 0) is 23.1 Å². The molecule has 0 radical (unpaired) electrons. The number of carbonyl (C=O) groups is 1. The van der Waals surface area contributed by atoms with Crippen LogP contribution >= 0.6 is 7.60 Å². The highest BCUT2D eigenvalue weighted by atomic mass is 31.2. The second-order valence-corrected chi connectivity index (χ2v) is 6.35. The van der Waals surface area contributed by atoms with Crippen LogP contribution in [-0.4, -0.2) is 39.4 Å². The molecule has 0 saturated heterocycles. The maximum Gasteiger partial charge on any atom is 0.337 e. The Hall–Kier alpha value is -0.220. The summed E-state index contributed by atoms with van der Waals surface area (Å²) >= 11 is 0. The van der Waals surface area contributed by atoms with Crippen molar-refractivity contribution >= 4 is 13.4 Å². The van der Waals surface area contributed by atoms with Gasteiger partial charge < -0.3 is 13.8 Å². The van der Waals surface area contributed by atoms with Crippen LogP contribution in [0.4, 0.5) is 0 Å². The summed E-state index contributed by atoms with van der Waals surface area (Å²) < 4.78 is 26.4. The molecule has 0 bridgehead atoms. The van der Waals surface area contributed by atoms with Crippen molar-refractivity contribution in [3.8, 4) is 0 Å². The van der Waals surface area contributed by atoms with Crippen LogP contribution in [0.2, 0.25) is 0 Å². The van der Waals surface area contributed by atoms with Crippen molar-refractivity contribution < 1.29 is 23.1 Å². The van der Waals surface area contributed by atoms with Gasteiger partial charge in [0, 0.05) is 26.2 Å². The summed E-state index contributed by atoms with van der Waals surface area (Å²) in [6.45, 7) is 6.20. The van der Waals surface area contributed by atoms with E-state index >= 15 is 0 Å². The topological polar surface area (TPSA) is 61.8 Å². The molecule has 0 heterocycles. The van der Waals surface area contributed by atoms with Gasteiger partial charge in [0.15, 0.2) is 5.78 Å². The van der Waals surface area contributed by atoms with E-state index in [1.54, 1.807) is 13.8 Å². The van der Waals surface area contributed by atoms with Gasteiger partial charge in [-0.1, -0.05) is 13.8 Å². The molecule has 6 heteroatoms. The van der Waals surface area contributed by atoms with Crippen molar-refractivity contribution in [3.05, 3.63) is 0 Å². The molecule has 0 N–H and O–H groups in total. The van der Waals surface area contributed by atoms with E-state index in [4.69, 9.17) is 13.8 Å². The third kappa shape index (κ3) is 4.74. The highest BCUT2D eigenvalue weighted by Crippen LogP contribution is 2.47. The van der Waals surface area contributed by atoms with Gasteiger partial charge in [-0.3, -0.25) is 9.36 Å². The van der Waals surface area contributed by atoms with Crippen molar-refractivity contribution in [2.24, 2.45) is 5.41 Å². The Balaban J connectivity index is 4.50. The summed E-state index contributed by atoms with van der Waals surface area (Å²) in [6, 6.07) is 0. The molecule has 0 spiro atoms. The van der Waals surface area contributed by atoms with Gasteiger partial charge in [0.1, 0.15) is 6.16 Å². The number of rotatable bonds is 8. The number of carbonyl (C=O) groups excluding carboxylic acids is 1. The number of ether oxygens (including phenoxy) is 1. The van der Waals surface area contributed by atoms with Gasteiger partial charge in [0.05, 0.1) is 6.61 Å². The molecule has 96 valence electrons. The van der Waals surface area contributed by atoms with Gasteiger partial charge in [-0.25, -0.2) is 0 Å². The number of ketones is 1. The summed E-state index contributed by atoms with van der Waals surface area (Å²) in [7, 11) is -0.729. The zero-order valence-electron chi connectivity index (χ0n) is 10.6. The predicted molar refractivity (Wildman–Crippen MR) is 61.8 cm³/mol. The van der Waals surface area contributed by atoms with E-state index in [-0.39, 0.29) is 11.9 Å². The molecule has 0 atom stereocenters. The van der Waals surface area contributed by atoms with Gasteiger partial charge in [0.25, 0.3) is 0 Å². The minimum atomic E-state index is -3.27. The summed E-state index contributed by atoms with van der Waals surface area (Å²) in [5, 5.41) is 0. The third-order valence-electron chi connectivity index (χ3n) is 2.32. The van der Waals surface area contributed by atoms with Gasteiger partial charge >= 0.3 is 7.60 Å². The molecule has 0 aromatic rings. The van der Waals surface area contributed by atoms with Crippen LogP contribution in [0.15, 0.2) is 0 Å². The Morgan fingerprint density at radius 2 is 1.75 bits per heavy atom. The second kappa shape index (κ2) is 6.50. The highest BCUT2D eigenvalue weighted by molar-refractivity contribution is 7.54. The SMILES string of the molecule is CCOCC(C)(C)C(=O)CP(=O)(OC)OC. The quantitative estimate of drug-likeness (QED) is 0.619. The van der Waals surface area contributed by atoms with Gasteiger partial charge in [-0.05, 0) is 6.92 Å². The molecule has 5 nitrogen and oxygen atoms in total. The van der Waals surface area contributed by atoms with Crippen LogP contribution < -0.4 is 0 Å². The molecule has 0 amide bonds. The fraction of sp³-hybridized carbons (Fsp3) is 0.900. The van der Waals surface area contributed by atoms with E-state index < -0.39 is 13.0 Å². The average molecular weight is 252 g/mol. The molecule has 0 unspecified atom stereocenters. The van der Waals surface area contributed by atoms with E-state index in [1.165, 1.54) is 14.2 Å². The first-order valence-corrected chi connectivity index (χ1v) is 6.85. The Labute approximate surface area is 97.0 Å². The van der Waals surface area contributed by atoms with E-state index in [2.05, 4.69) is 0 Å². The Morgan fingerprint density at radius 1 is 1.25 bits per heavy atom. The van der Waals surface area contributed by atoms with Gasteiger partial charge in [0.2, 0.25) is 0 Å². The Morgan fingerprint density at radius 3 is 2.12 bits per heavy atom. The standard InChI is InChI=1S/C10H21O5P/c1-6-15-8-10(2,3)9(11)7-16(12,13-4)14-5/h6-8H2,1-5H3. The molecule has 16 heavy (non-hydrogen) atoms. The molecule has 0 aromatic heterocycles. The number of Topliss-reactive ketones (excluding diaryl/α,β-unsaturated/α-hetero) is 1. The first-order chi connectivity index (χ1) is 7.31. The van der Waals surface area contributed by atoms with E-state index in [1.807, 2.05) is 6.92 Å². The molecule has 0 rings (SSSR count). The van der Waals surface area contributed by atoms with Crippen LogP contribution in [0.5, 0.6) is 0 Å². The minimum Gasteiger partial charge on any atom is -0.381 e.